The van der Waals surface area contributed by atoms with Crippen LogP contribution >= 0.6 is 11.3 Å². The number of nitrogens with one attached hydrogen (secondary N) is 1. The number of rotatable bonds is 5. The maximum absolute atomic E-state index is 12.6. The monoisotopic (exact) mass is 365 g/mol. The van der Waals surface area contributed by atoms with Gasteiger partial charge in [-0.2, -0.15) is 0 Å². The predicted molar refractivity (Wildman–Crippen MR) is 102 cm³/mol. The summed E-state index contributed by atoms with van der Waals surface area (Å²) in [5.41, 5.74) is 2.17. The fourth-order valence-electron chi connectivity index (χ4n) is 3.02. The number of amides is 1. The summed E-state index contributed by atoms with van der Waals surface area (Å²) in [6, 6.07) is 19.6. The lowest BCUT2D eigenvalue weighted by Gasteiger charge is -2.23. The van der Waals surface area contributed by atoms with E-state index >= 15 is 0 Å². The molecule has 0 unspecified atom stereocenters. The number of benzene rings is 2. The molecule has 0 saturated heterocycles. The minimum Gasteiger partial charge on any atom is -0.486 e. The molecule has 26 heavy (non-hydrogen) atoms. The van der Waals surface area contributed by atoms with Gasteiger partial charge in [0.25, 0.3) is 5.91 Å². The van der Waals surface area contributed by atoms with Gasteiger partial charge in [0, 0.05) is 0 Å². The lowest BCUT2D eigenvalue weighted by molar-refractivity contribution is 0.0940. The van der Waals surface area contributed by atoms with Gasteiger partial charge in [-0.15, -0.1) is 11.3 Å². The Hall–Kier alpha value is -2.79. The van der Waals surface area contributed by atoms with Crippen LogP contribution in [-0.2, 0) is 6.42 Å². The Bertz CT molecular complexity index is 878. The Labute approximate surface area is 156 Å². The molecular formula is C21H19NO3S. The maximum atomic E-state index is 12.6. The highest BCUT2D eigenvalue weighted by Crippen LogP contribution is 2.33. The topological polar surface area (TPSA) is 47.6 Å². The highest BCUT2D eigenvalue weighted by atomic mass is 32.1. The summed E-state index contributed by atoms with van der Waals surface area (Å²) in [6.07, 6.45) is 0.706. The number of hydrogen-bond acceptors (Lipinski definition) is 4. The molecule has 1 aromatic heterocycles. The first-order valence-electron chi connectivity index (χ1n) is 8.57. The van der Waals surface area contributed by atoms with E-state index in [1.165, 1.54) is 16.9 Å². The average molecular weight is 365 g/mol. The van der Waals surface area contributed by atoms with Crippen molar-refractivity contribution in [1.82, 2.24) is 5.32 Å². The second-order valence-corrected chi connectivity index (χ2v) is 7.04. The third-order valence-electron chi connectivity index (χ3n) is 4.30. The molecule has 1 atom stereocenters. The lowest BCUT2D eigenvalue weighted by atomic mass is 9.98. The Kier molecular flexibility index (Phi) is 4.88. The van der Waals surface area contributed by atoms with Gasteiger partial charge in [0.1, 0.15) is 13.2 Å². The van der Waals surface area contributed by atoms with Gasteiger partial charge in [-0.05, 0) is 41.1 Å². The van der Waals surface area contributed by atoms with Crippen molar-refractivity contribution >= 4 is 17.2 Å². The quantitative estimate of drug-likeness (QED) is 0.736. The molecule has 4 nitrogen and oxygen atoms in total. The normalized spacial score (nSPS) is 13.8. The lowest BCUT2D eigenvalue weighted by Crippen LogP contribution is -2.29. The van der Waals surface area contributed by atoms with Crippen LogP contribution in [0.15, 0.2) is 66.0 Å². The van der Waals surface area contributed by atoms with E-state index in [-0.39, 0.29) is 11.9 Å². The SMILES string of the molecule is O=C(N[C@H](Cc1ccccc1)c1ccc2c(c1)OCCO2)c1cccs1. The van der Waals surface area contributed by atoms with Gasteiger partial charge in [0.2, 0.25) is 0 Å². The molecule has 4 rings (SSSR count). The van der Waals surface area contributed by atoms with Crippen LogP contribution in [0.1, 0.15) is 26.8 Å². The van der Waals surface area contributed by atoms with Crippen molar-refractivity contribution in [1.29, 1.82) is 0 Å². The maximum Gasteiger partial charge on any atom is 0.261 e. The molecule has 1 aliphatic heterocycles. The molecule has 2 heterocycles. The van der Waals surface area contributed by atoms with Crippen LogP contribution in [0, 0.1) is 0 Å². The summed E-state index contributed by atoms with van der Waals surface area (Å²) >= 11 is 1.44. The summed E-state index contributed by atoms with van der Waals surface area (Å²) in [5.74, 6) is 1.43. The smallest absolute Gasteiger partial charge is 0.261 e. The Morgan fingerprint density at radius 1 is 1.00 bits per heavy atom. The minimum absolute atomic E-state index is 0.0594. The molecule has 0 saturated carbocycles. The van der Waals surface area contributed by atoms with Crippen molar-refractivity contribution in [3.8, 4) is 11.5 Å². The second kappa shape index (κ2) is 7.62. The van der Waals surface area contributed by atoms with E-state index in [4.69, 9.17) is 9.47 Å². The third kappa shape index (κ3) is 3.73. The van der Waals surface area contributed by atoms with Gasteiger partial charge in [-0.3, -0.25) is 4.79 Å². The molecule has 0 bridgehead atoms. The molecule has 1 N–H and O–H groups in total. The molecular weight excluding hydrogens is 346 g/mol. The van der Waals surface area contributed by atoms with Crippen LogP contribution in [-0.4, -0.2) is 19.1 Å². The van der Waals surface area contributed by atoms with Crippen molar-refractivity contribution in [2.75, 3.05) is 13.2 Å². The Morgan fingerprint density at radius 3 is 2.58 bits per heavy atom. The summed E-state index contributed by atoms with van der Waals surface area (Å²) in [5, 5.41) is 5.07. The van der Waals surface area contributed by atoms with Crippen molar-refractivity contribution in [2.24, 2.45) is 0 Å². The van der Waals surface area contributed by atoms with Crippen LogP contribution in [0.3, 0.4) is 0 Å². The van der Waals surface area contributed by atoms with Gasteiger partial charge >= 0.3 is 0 Å². The van der Waals surface area contributed by atoms with Crippen LogP contribution < -0.4 is 14.8 Å². The minimum atomic E-state index is -0.150. The highest BCUT2D eigenvalue weighted by Gasteiger charge is 2.20. The Morgan fingerprint density at radius 2 is 1.81 bits per heavy atom. The van der Waals surface area contributed by atoms with Gasteiger partial charge in [-0.1, -0.05) is 42.5 Å². The van der Waals surface area contributed by atoms with E-state index in [1.807, 2.05) is 53.9 Å². The van der Waals surface area contributed by atoms with Gasteiger partial charge in [0.05, 0.1) is 10.9 Å². The molecule has 1 amide bonds. The van der Waals surface area contributed by atoms with Gasteiger partial charge in [0.15, 0.2) is 11.5 Å². The van der Waals surface area contributed by atoms with Crippen LogP contribution in [0.5, 0.6) is 11.5 Å². The number of ether oxygens (including phenoxy) is 2. The predicted octanol–water partition coefficient (Wildman–Crippen LogP) is 4.23. The highest BCUT2D eigenvalue weighted by molar-refractivity contribution is 7.12. The summed E-state index contributed by atoms with van der Waals surface area (Å²) < 4.78 is 11.3. The third-order valence-corrected chi connectivity index (χ3v) is 5.17. The molecule has 1 aliphatic rings. The van der Waals surface area contributed by atoms with Crippen molar-refractivity contribution in [3.05, 3.63) is 82.0 Å². The van der Waals surface area contributed by atoms with Crippen molar-refractivity contribution < 1.29 is 14.3 Å². The standard InChI is InChI=1S/C21H19NO3S/c23-21(20-7-4-12-26-20)22-17(13-15-5-2-1-3-6-15)16-8-9-18-19(14-16)25-11-10-24-18/h1-9,12,14,17H,10-11,13H2,(H,22,23)/t17-/m1/s1. The largest absolute Gasteiger partial charge is 0.486 e. The molecule has 0 spiro atoms. The molecule has 0 aliphatic carbocycles. The van der Waals surface area contributed by atoms with Crippen LogP contribution in [0.2, 0.25) is 0 Å². The van der Waals surface area contributed by atoms with E-state index in [1.54, 1.807) is 0 Å². The zero-order valence-electron chi connectivity index (χ0n) is 14.2. The van der Waals surface area contributed by atoms with Crippen molar-refractivity contribution in [3.63, 3.8) is 0 Å². The molecule has 3 aromatic rings. The van der Waals surface area contributed by atoms with E-state index < -0.39 is 0 Å². The number of hydrogen-bond donors (Lipinski definition) is 1. The summed E-state index contributed by atoms with van der Waals surface area (Å²) in [7, 11) is 0. The van der Waals surface area contributed by atoms with E-state index in [9.17, 15) is 4.79 Å². The van der Waals surface area contributed by atoms with Crippen molar-refractivity contribution in [2.45, 2.75) is 12.5 Å². The molecule has 0 radical (unpaired) electrons. The van der Waals surface area contributed by atoms with E-state index in [2.05, 4.69) is 17.4 Å². The fraction of sp³-hybridized carbons (Fsp3) is 0.190. The zero-order valence-corrected chi connectivity index (χ0v) is 15.0. The second-order valence-electron chi connectivity index (χ2n) is 6.10. The summed E-state index contributed by atoms with van der Waals surface area (Å²) in [4.78, 5) is 13.3. The number of carbonyl (C=O) groups is 1. The van der Waals surface area contributed by atoms with Crippen LogP contribution in [0.4, 0.5) is 0 Å². The molecule has 0 fully saturated rings. The fourth-order valence-corrected chi connectivity index (χ4v) is 3.64. The molecule has 5 heteroatoms. The first kappa shape index (κ1) is 16.7. The number of thiophene rings is 1. The first-order valence-corrected chi connectivity index (χ1v) is 9.45. The number of fused-ring (bicyclic) bond motifs is 1. The van der Waals surface area contributed by atoms with E-state index in [0.717, 1.165) is 17.1 Å². The van der Waals surface area contributed by atoms with Gasteiger partial charge in [-0.25, -0.2) is 0 Å². The van der Waals surface area contributed by atoms with Crippen LogP contribution in [0.25, 0.3) is 0 Å². The number of carbonyl (C=O) groups excluding carboxylic acids is 1. The average Bonchev–Trinajstić information content (AvgIpc) is 3.23. The van der Waals surface area contributed by atoms with E-state index in [0.29, 0.717) is 24.5 Å². The summed E-state index contributed by atoms with van der Waals surface area (Å²) in [6.45, 7) is 1.11. The molecule has 2 aromatic carbocycles. The molecule has 132 valence electrons. The first-order chi connectivity index (χ1) is 12.8. The van der Waals surface area contributed by atoms with Gasteiger partial charge < -0.3 is 14.8 Å². The zero-order chi connectivity index (χ0) is 17.8. The Balaban J connectivity index is 1.62.